The molecule has 0 aromatic heterocycles. The number of aliphatic hydroxyl groups excluding tert-OH is 1. The fourth-order valence-electron chi connectivity index (χ4n) is 3.66. The van der Waals surface area contributed by atoms with Crippen molar-refractivity contribution in [2.45, 2.75) is 57.9 Å². The van der Waals surface area contributed by atoms with Crippen LogP contribution >= 0.6 is 0 Å². The molecule has 0 unspecified atom stereocenters. The highest BCUT2D eigenvalue weighted by atomic mass is 16.7. The van der Waals surface area contributed by atoms with E-state index in [0.29, 0.717) is 25.3 Å². The highest BCUT2D eigenvalue weighted by molar-refractivity contribution is 5.44. The molecule has 5 nitrogen and oxygen atoms in total. The third-order valence-corrected chi connectivity index (χ3v) is 5.03. The van der Waals surface area contributed by atoms with Gasteiger partial charge in [0.2, 0.25) is 6.79 Å². The van der Waals surface area contributed by atoms with E-state index in [9.17, 15) is 5.11 Å². The molecule has 0 amide bonds. The number of benzene rings is 1. The van der Waals surface area contributed by atoms with Gasteiger partial charge in [0.15, 0.2) is 11.5 Å². The van der Waals surface area contributed by atoms with Gasteiger partial charge in [0.05, 0.1) is 25.3 Å². The Morgan fingerprint density at radius 3 is 2.74 bits per heavy atom. The lowest BCUT2D eigenvalue weighted by Crippen LogP contribution is -3.20. The minimum atomic E-state index is -0.415. The van der Waals surface area contributed by atoms with Crippen LogP contribution in [0.2, 0.25) is 0 Å². The van der Waals surface area contributed by atoms with Gasteiger partial charge in [-0.3, -0.25) is 0 Å². The van der Waals surface area contributed by atoms with Gasteiger partial charge in [-0.25, -0.2) is 0 Å². The molecule has 5 heteroatoms. The van der Waals surface area contributed by atoms with Gasteiger partial charge in [-0.15, -0.1) is 0 Å². The molecule has 0 spiro atoms. The minimum Gasteiger partial charge on any atom is -0.454 e. The van der Waals surface area contributed by atoms with Crippen LogP contribution in [0.4, 0.5) is 0 Å². The normalized spacial score (nSPS) is 25.5. The van der Waals surface area contributed by atoms with Gasteiger partial charge in [0.1, 0.15) is 12.6 Å². The quantitative estimate of drug-likeness (QED) is 0.825. The second-order valence-electron chi connectivity index (χ2n) is 6.87. The predicted molar refractivity (Wildman–Crippen MR) is 86.8 cm³/mol. The number of ether oxygens (including phenoxy) is 3. The first-order valence-electron chi connectivity index (χ1n) is 8.63. The largest absolute Gasteiger partial charge is 0.454 e. The van der Waals surface area contributed by atoms with E-state index >= 15 is 0 Å². The average molecular weight is 322 g/mol. The van der Waals surface area contributed by atoms with Crippen LogP contribution in [0.5, 0.6) is 11.5 Å². The summed E-state index contributed by atoms with van der Waals surface area (Å²) >= 11 is 0. The van der Waals surface area contributed by atoms with Crippen molar-refractivity contribution in [3.63, 3.8) is 0 Å². The van der Waals surface area contributed by atoms with Gasteiger partial charge in [0.25, 0.3) is 0 Å². The Balaban J connectivity index is 1.43. The molecule has 0 radical (unpaired) electrons. The Morgan fingerprint density at radius 1 is 1.22 bits per heavy atom. The maximum atomic E-state index is 10.3. The number of quaternary nitrogens is 1. The molecule has 1 aromatic carbocycles. The summed E-state index contributed by atoms with van der Waals surface area (Å²) in [6.45, 7) is 6.47. The summed E-state index contributed by atoms with van der Waals surface area (Å²) in [6, 6.07) is 7.07. The first-order valence-corrected chi connectivity index (χ1v) is 8.63. The molecule has 3 atom stereocenters. The molecule has 1 saturated heterocycles. The zero-order valence-electron chi connectivity index (χ0n) is 14.1. The van der Waals surface area contributed by atoms with Crippen LogP contribution in [0.25, 0.3) is 0 Å². The van der Waals surface area contributed by atoms with Gasteiger partial charge >= 0.3 is 0 Å². The van der Waals surface area contributed by atoms with Crippen LogP contribution in [0.15, 0.2) is 18.2 Å². The first-order chi connectivity index (χ1) is 11.1. The number of fused-ring (bicyclic) bond motifs is 1. The molecule has 0 aliphatic carbocycles. The lowest BCUT2D eigenvalue weighted by Gasteiger charge is -2.36. The summed E-state index contributed by atoms with van der Waals surface area (Å²) in [5.41, 5.74) is 1.04. The van der Waals surface area contributed by atoms with Crippen molar-refractivity contribution in [1.82, 2.24) is 0 Å². The number of rotatable bonds is 6. The summed E-state index contributed by atoms with van der Waals surface area (Å²) in [6.07, 6.45) is 3.40. The Hall–Kier alpha value is -1.30. The van der Waals surface area contributed by atoms with E-state index < -0.39 is 6.10 Å². The maximum absolute atomic E-state index is 10.3. The summed E-state index contributed by atoms with van der Waals surface area (Å²) in [7, 11) is 0. The van der Waals surface area contributed by atoms with Crippen LogP contribution in [-0.2, 0) is 11.3 Å². The minimum absolute atomic E-state index is 0.285. The van der Waals surface area contributed by atoms with E-state index in [1.54, 1.807) is 0 Å². The summed E-state index contributed by atoms with van der Waals surface area (Å²) in [5, 5.41) is 10.3. The zero-order chi connectivity index (χ0) is 16.2. The van der Waals surface area contributed by atoms with E-state index in [-0.39, 0.29) is 6.79 Å². The van der Waals surface area contributed by atoms with E-state index in [1.165, 1.54) is 24.2 Å². The molecule has 1 fully saturated rings. The third kappa shape index (κ3) is 4.16. The van der Waals surface area contributed by atoms with E-state index in [4.69, 9.17) is 14.2 Å². The smallest absolute Gasteiger partial charge is 0.231 e. The number of hydrogen-bond acceptors (Lipinski definition) is 4. The van der Waals surface area contributed by atoms with E-state index in [0.717, 1.165) is 23.6 Å². The molecule has 23 heavy (non-hydrogen) atoms. The van der Waals surface area contributed by atoms with Crippen LogP contribution in [-0.4, -0.2) is 43.2 Å². The van der Waals surface area contributed by atoms with Crippen molar-refractivity contribution >= 4 is 0 Å². The van der Waals surface area contributed by atoms with E-state index in [1.807, 2.05) is 18.2 Å². The van der Waals surface area contributed by atoms with Crippen molar-refractivity contribution < 1.29 is 24.2 Å². The van der Waals surface area contributed by atoms with Crippen molar-refractivity contribution in [1.29, 1.82) is 0 Å². The second kappa shape index (κ2) is 7.51. The van der Waals surface area contributed by atoms with Crippen LogP contribution in [0.3, 0.4) is 0 Å². The molecule has 0 saturated carbocycles. The van der Waals surface area contributed by atoms with Gasteiger partial charge in [-0.2, -0.15) is 0 Å². The fourth-order valence-corrected chi connectivity index (χ4v) is 3.66. The zero-order valence-corrected chi connectivity index (χ0v) is 14.1. The van der Waals surface area contributed by atoms with Crippen molar-refractivity contribution in [2.24, 2.45) is 0 Å². The molecule has 2 N–H and O–H groups in total. The Labute approximate surface area is 138 Å². The number of aliphatic hydroxyl groups is 1. The molecule has 2 aliphatic heterocycles. The average Bonchev–Trinajstić information content (AvgIpc) is 2.99. The van der Waals surface area contributed by atoms with Crippen molar-refractivity contribution in [3.05, 3.63) is 23.8 Å². The van der Waals surface area contributed by atoms with Gasteiger partial charge in [0, 0.05) is 0 Å². The van der Waals surface area contributed by atoms with Crippen molar-refractivity contribution in [2.75, 3.05) is 19.9 Å². The molecule has 3 rings (SSSR count). The summed E-state index contributed by atoms with van der Waals surface area (Å²) in [4.78, 5) is 1.51. The fraction of sp³-hybridized carbons (Fsp3) is 0.667. The predicted octanol–water partition coefficient (Wildman–Crippen LogP) is 1.14. The SMILES string of the molecule is C[C@@H]1CCC[C@@H](C)[NH+]1C[C@H](O)COCc1ccc2c(c1)OCO2. The van der Waals surface area contributed by atoms with Crippen LogP contribution < -0.4 is 14.4 Å². The molecule has 0 bridgehead atoms. The van der Waals surface area contributed by atoms with Gasteiger partial charge < -0.3 is 24.2 Å². The molecule has 2 heterocycles. The highest BCUT2D eigenvalue weighted by Crippen LogP contribution is 2.32. The number of piperidine rings is 1. The highest BCUT2D eigenvalue weighted by Gasteiger charge is 2.30. The summed E-state index contributed by atoms with van der Waals surface area (Å²) < 4.78 is 16.3. The lowest BCUT2D eigenvalue weighted by molar-refractivity contribution is -0.954. The summed E-state index contributed by atoms with van der Waals surface area (Å²) in [5.74, 6) is 1.55. The Bertz CT molecular complexity index is 512. The molecular formula is C18H28NO4+. The molecule has 2 aliphatic rings. The molecule has 1 aromatic rings. The second-order valence-corrected chi connectivity index (χ2v) is 6.87. The maximum Gasteiger partial charge on any atom is 0.231 e. The monoisotopic (exact) mass is 322 g/mol. The molecule has 128 valence electrons. The number of nitrogens with one attached hydrogen (secondary N) is 1. The number of likely N-dealkylation sites (tertiary alicyclic amines) is 1. The Morgan fingerprint density at radius 2 is 1.96 bits per heavy atom. The van der Waals surface area contributed by atoms with Gasteiger partial charge in [-0.1, -0.05) is 6.07 Å². The van der Waals surface area contributed by atoms with Gasteiger partial charge in [-0.05, 0) is 50.8 Å². The van der Waals surface area contributed by atoms with Crippen molar-refractivity contribution in [3.8, 4) is 11.5 Å². The van der Waals surface area contributed by atoms with E-state index in [2.05, 4.69) is 13.8 Å². The third-order valence-electron chi connectivity index (χ3n) is 5.03. The topological polar surface area (TPSA) is 52.4 Å². The van der Waals surface area contributed by atoms with Crippen LogP contribution in [0.1, 0.15) is 38.7 Å². The standard InChI is InChI=1S/C18H27NO4/c1-13-4-3-5-14(2)19(13)9-16(20)11-21-10-15-6-7-17-18(8-15)23-12-22-17/h6-8,13-14,16,20H,3-5,9-12H2,1-2H3/p+1/t13-,14-,16+/m1/s1. The molecular weight excluding hydrogens is 294 g/mol. The first kappa shape index (κ1) is 16.6. The Kier molecular flexibility index (Phi) is 5.41. The lowest BCUT2D eigenvalue weighted by atomic mass is 9.97. The van der Waals surface area contributed by atoms with Crippen LogP contribution in [0, 0.1) is 0 Å². The number of hydrogen-bond donors (Lipinski definition) is 2.